The normalized spacial score (nSPS) is 12.5. The molecule has 5 heteroatoms. The molecule has 0 bridgehead atoms. The highest BCUT2D eigenvalue weighted by molar-refractivity contribution is 6.06. The average molecular weight is 357 g/mol. The third kappa shape index (κ3) is 3.27. The first-order valence-electron chi connectivity index (χ1n) is 8.79. The van der Waals surface area contributed by atoms with Crippen molar-refractivity contribution in [3.63, 3.8) is 0 Å². The third-order valence-electron chi connectivity index (χ3n) is 4.76. The van der Waals surface area contributed by atoms with Gasteiger partial charge in [-0.05, 0) is 54.4 Å². The molecule has 3 aromatic carbocycles. The fourth-order valence-corrected chi connectivity index (χ4v) is 3.38. The Balaban J connectivity index is 1.60. The Kier molecular flexibility index (Phi) is 4.34. The number of primary amides is 1. The molecule has 134 valence electrons. The molecule has 0 aliphatic carbocycles. The highest BCUT2D eigenvalue weighted by Gasteiger charge is 2.22. The number of hydrogen-bond acceptors (Lipinski definition) is 3. The summed E-state index contributed by atoms with van der Waals surface area (Å²) in [5.74, 6) is -0.744. The number of para-hydroxylation sites is 3. The minimum atomic E-state index is -0.514. The van der Waals surface area contributed by atoms with Gasteiger partial charge in [0.1, 0.15) is 0 Å². The standard InChI is InChI=1S/C22H19N3O2/c23-21(26)16-9-11-17(12-10-16)22(27)24-18-6-2-4-8-20(18)25-14-13-15-5-1-3-7-19(15)25/h1-12H,13-14H2,(H2,23,26)(H,24,27). The van der Waals surface area contributed by atoms with Gasteiger partial charge in [0.2, 0.25) is 5.91 Å². The third-order valence-corrected chi connectivity index (χ3v) is 4.76. The van der Waals surface area contributed by atoms with Gasteiger partial charge < -0.3 is 16.0 Å². The van der Waals surface area contributed by atoms with Gasteiger partial charge in [0.15, 0.2) is 0 Å². The summed E-state index contributed by atoms with van der Waals surface area (Å²) in [5, 5.41) is 2.99. The van der Waals surface area contributed by atoms with Crippen LogP contribution in [0.5, 0.6) is 0 Å². The molecule has 0 radical (unpaired) electrons. The Hall–Kier alpha value is -3.60. The molecule has 0 spiro atoms. The Bertz CT molecular complexity index is 1010. The molecule has 3 aromatic rings. The summed E-state index contributed by atoms with van der Waals surface area (Å²) in [4.78, 5) is 26.1. The maximum Gasteiger partial charge on any atom is 0.255 e. The topological polar surface area (TPSA) is 75.4 Å². The molecule has 2 amide bonds. The van der Waals surface area contributed by atoms with Crippen LogP contribution in [0.25, 0.3) is 0 Å². The van der Waals surface area contributed by atoms with Crippen LogP contribution >= 0.6 is 0 Å². The van der Waals surface area contributed by atoms with Crippen LogP contribution in [0.3, 0.4) is 0 Å². The number of rotatable bonds is 4. The highest BCUT2D eigenvalue weighted by atomic mass is 16.2. The Labute approximate surface area is 157 Å². The van der Waals surface area contributed by atoms with E-state index in [0.29, 0.717) is 11.1 Å². The zero-order chi connectivity index (χ0) is 18.8. The van der Waals surface area contributed by atoms with Crippen molar-refractivity contribution in [1.82, 2.24) is 0 Å². The number of hydrogen-bond donors (Lipinski definition) is 2. The summed E-state index contributed by atoms with van der Waals surface area (Å²) in [6.07, 6.45) is 0.979. The van der Waals surface area contributed by atoms with Crippen molar-refractivity contribution in [3.8, 4) is 0 Å². The van der Waals surface area contributed by atoms with Gasteiger partial charge in [-0.3, -0.25) is 9.59 Å². The second-order valence-electron chi connectivity index (χ2n) is 6.44. The number of nitrogens with zero attached hydrogens (tertiary/aromatic N) is 1. The molecule has 1 aliphatic rings. The molecule has 3 N–H and O–H groups in total. The van der Waals surface area contributed by atoms with Crippen molar-refractivity contribution in [2.45, 2.75) is 6.42 Å². The van der Waals surface area contributed by atoms with Crippen LogP contribution in [-0.4, -0.2) is 18.4 Å². The highest BCUT2D eigenvalue weighted by Crippen LogP contribution is 2.38. The molecule has 0 atom stereocenters. The fraction of sp³-hybridized carbons (Fsp3) is 0.0909. The average Bonchev–Trinajstić information content (AvgIpc) is 3.12. The van der Waals surface area contributed by atoms with E-state index in [1.54, 1.807) is 24.3 Å². The van der Waals surface area contributed by atoms with Crippen LogP contribution in [0.4, 0.5) is 17.1 Å². The van der Waals surface area contributed by atoms with E-state index in [9.17, 15) is 9.59 Å². The number of carbonyl (C=O) groups is 2. The molecule has 0 saturated carbocycles. The summed E-state index contributed by atoms with van der Waals surface area (Å²) in [7, 11) is 0. The number of nitrogens with one attached hydrogen (secondary N) is 1. The number of benzene rings is 3. The Morgan fingerprint density at radius 3 is 2.19 bits per heavy atom. The molecule has 0 aromatic heterocycles. The lowest BCUT2D eigenvalue weighted by atomic mass is 10.1. The fourth-order valence-electron chi connectivity index (χ4n) is 3.38. The first kappa shape index (κ1) is 16.8. The maximum absolute atomic E-state index is 12.7. The van der Waals surface area contributed by atoms with Gasteiger partial charge in [-0.25, -0.2) is 0 Å². The van der Waals surface area contributed by atoms with Gasteiger partial charge in [-0.2, -0.15) is 0 Å². The van der Waals surface area contributed by atoms with Gasteiger partial charge in [0.05, 0.1) is 11.4 Å². The zero-order valence-corrected chi connectivity index (χ0v) is 14.7. The van der Waals surface area contributed by atoms with E-state index in [-0.39, 0.29) is 5.91 Å². The van der Waals surface area contributed by atoms with E-state index in [1.165, 1.54) is 11.3 Å². The van der Waals surface area contributed by atoms with Gasteiger partial charge >= 0.3 is 0 Å². The minimum Gasteiger partial charge on any atom is -0.366 e. The summed E-state index contributed by atoms with van der Waals surface area (Å²) in [5.41, 5.74) is 10.3. The first-order chi connectivity index (χ1) is 13.1. The first-order valence-corrected chi connectivity index (χ1v) is 8.79. The van der Waals surface area contributed by atoms with E-state index in [2.05, 4.69) is 22.3 Å². The number of anilines is 3. The number of amides is 2. The summed E-state index contributed by atoms with van der Waals surface area (Å²) in [6, 6.07) is 22.4. The van der Waals surface area contributed by atoms with E-state index >= 15 is 0 Å². The van der Waals surface area contributed by atoms with Crippen LogP contribution in [0.1, 0.15) is 26.3 Å². The summed E-state index contributed by atoms with van der Waals surface area (Å²) >= 11 is 0. The molecule has 0 saturated heterocycles. The molecule has 27 heavy (non-hydrogen) atoms. The van der Waals surface area contributed by atoms with Crippen LogP contribution in [0.2, 0.25) is 0 Å². The summed E-state index contributed by atoms with van der Waals surface area (Å²) < 4.78 is 0. The molecular formula is C22H19N3O2. The van der Waals surface area contributed by atoms with Crippen molar-refractivity contribution in [3.05, 3.63) is 89.5 Å². The number of fused-ring (bicyclic) bond motifs is 1. The van der Waals surface area contributed by atoms with Gasteiger partial charge in [0, 0.05) is 23.4 Å². The van der Waals surface area contributed by atoms with Gasteiger partial charge in [-0.15, -0.1) is 0 Å². The maximum atomic E-state index is 12.7. The van der Waals surface area contributed by atoms with Crippen molar-refractivity contribution in [2.24, 2.45) is 5.73 Å². The largest absolute Gasteiger partial charge is 0.366 e. The quantitative estimate of drug-likeness (QED) is 0.747. The van der Waals surface area contributed by atoms with Crippen LogP contribution in [0, 0.1) is 0 Å². The van der Waals surface area contributed by atoms with Crippen LogP contribution in [0.15, 0.2) is 72.8 Å². The van der Waals surface area contributed by atoms with Crippen molar-refractivity contribution in [2.75, 3.05) is 16.8 Å². The second kappa shape index (κ2) is 6.96. The second-order valence-corrected chi connectivity index (χ2v) is 6.44. The molecule has 1 aliphatic heterocycles. The van der Waals surface area contributed by atoms with E-state index < -0.39 is 5.91 Å². The lowest BCUT2D eigenvalue weighted by Crippen LogP contribution is -2.18. The molecule has 1 heterocycles. The molecule has 0 fully saturated rings. The van der Waals surface area contributed by atoms with Crippen LogP contribution in [-0.2, 0) is 6.42 Å². The molecular weight excluding hydrogens is 338 g/mol. The summed E-state index contributed by atoms with van der Waals surface area (Å²) in [6.45, 7) is 0.875. The predicted octanol–water partition coefficient (Wildman–Crippen LogP) is 3.73. The number of nitrogens with two attached hydrogens (primary N) is 1. The smallest absolute Gasteiger partial charge is 0.255 e. The SMILES string of the molecule is NC(=O)c1ccc(C(=O)Nc2ccccc2N2CCc3ccccc32)cc1. The van der Waals surface area contributed by atoms with Crippen LogP contribution < -0.4 is 16.0 Å². The van der Waals surface area contributed by atoms with E-state index in [0.717, 1.165) is 24.3 Å². The predicted molar refractivity (Wildman–Crippen MR) is 107 cm³/mol. The monoisotopic (exact) mass is 357 g/mol. The Morgan fingerprint density at radius 1 is 0.815 bits per heavy atom. The van der Waals surface area contributed by atoms with Gasteiger partial charge in [-0.1, -0.05) is 30.3 Å². The van der Waals surface area contributed by atoms with Crippen molar-refractivity contribution < 1.29 is 9.59 Å². The Morgan fingerprint density at radius 2 is 1.44 bits per heavy atom. The zero-order valence-electron chi connectivity index (χ0n) is 14.7. The molecule has 0 unspecified atom stereocenters. The van der Waals surface area contributed by atoms with Crippen molar-refractivity contribution >= 4 is 28.9 Å². The van der Waals surface area contributed by atoms with E-state index in [4.69, 9.17) is 5.73 Å². The molecule has 4 rings (SSSR count). The van der Waals surface area contributed by atoms with E-state index in [1.807, 2.05) is 36.4 Å². The molecule has 5 nitrogen and oxygen atoms in total. The lowest BCUT2D eigenvalue weighted by molar-refractivity contribution is 0.0995. The number of carbonyl (C=O) groups excluding carboxylic acids is 2. The van der Waals surface area contributed by atoms with Crippen molar-refractivity contribution in [1.29, 1.82) is 0 Å². The minimum absolute atomic E-state index is 0.231. The van der Waals surface area contributed by atoms with Gasteiger partial charge in [0.25, 0.3) is 5.91 Å². The lowest BCUT2D eigenvalue weighted by Gasteiger charge is -2.23.